The van der Waals surface area contributed by atoms with E-state index >= 15 is 0 Å². The third kappa shape index (κ3) is 2.94. The van der Waals surface area contributed by atoms with E-state index < -0.39 is 0 Å². The number of nitrogens with one attached hydrogen (secondary N) is 2. The summed E-state index contributed by atoms with van der Waals surface area (Å²) in [5.74, 6) is 0.0156. The maximum atomic E-state index is 11.9. The van der Waals surface area contributed by atoms with Crippen LogP contribution in [-0.4, -0.2) is 21.1 Å². The van der Waals surface area contributed by atoms with Crippen molar-refractivity contribution in [2.45, 2.75) is 25.8 Å². The molecular formula is C13H16N4O. The zero-order valence-corrected chi connectivity index (χ0v) is 10.3. The summed E-state index contributed by atoms with van der Waals surface area (Å²) in [7, 11) is 0. The standard InChI is InChI=1S/C13H16N4O/c1-2-6-11(10-7-4-3-5-8-10)16-13(18)12-14-9-15-17-12/h3-5,7-9,11H,2,6H2,1H3,(H,16,18)(H,14,15,17). The Hall–Kier alpha value is -2.17. The van der Waals surface area contributed by atoms with E-state index in [9.17, 15) is 4.79 Å². The number of H-pyrrole nitrogens is 1. The van der Waals surface area contributed by atoms with Gasteiger partial charge >= 0.3 is 0 Å². The highest BCUT2D eigenvalue weighted by Crippen LogP contribution is 2.18. The van der Waals surface area contributed by atoms with Gasteiger partial charge in [-0.2, -0.15) is 5.10 Å². The number of benzene rings is 1. The quantitative estimate of drug-likeness (QED) is 0.845. The maximum absolute atomic E-state index is 11.9. The summed E-state index contributed by atoms with van der Waals surface area (Å²) in [6.07, 6.45) is 3.21. The van der Waals surface area contributed by atoms with Crippen LogP contribution in [-0.2, 0) is 0 Å². The molecule has 0 saturated carbocycles. The van der Waals surface area contributed by atoms with Gasteiger partial charge in [-0.15, -0.1) is 0 Å². The molecule has 1 heterocycles. The molecule has 1 aromatic heterocycles. The molecule has 1 amide bonds. The average Bonchev–Trinajstić information content (AvgIpc) is 2.93. The smallest absolute Gasteiger partial charge is 0.289 e. The van der Waals surface area contributed by atoms with Gasteiger partial charge in [-0.1, -0.05) is 43.7 Å². The first-order valence-corrected chi connectivity index (χ1v) is 6.02. The van der Waals surface area contributed by atoms with Crippen LogP contribution in [0, 0.1) is 0 Å². The summed E-state index contributed by atoms with van der Waals surface area (Å²) >= 11 is 0. The van der Waals surface area contributed by atoms with E-state index in [0.717, 1.165) is 18.4 Å². The summed E-state index contributed by atoms with van der Waals surface area (Å²) in [4.78, 5) is 15.8. The molecule has 2 rings (SSSR count). The van der Waals surface area contributed by atoms with E-state index in [1.807, 2.05) is 30.3 Å². The van der Waals surface area contributed by atoms with Crippen LogP contribution in [0.4, 0.5) is 0 Å². The van der Waals surface area contributed by atoms with Crippen molar-refractivity contribution in [3.63, 3.8) is 0 Å². The van der Waals surface area contributed by atoms with Crippen molar-refractivity contribution in [2.75, 3.05) is 0 Å². The molecule has 0 aliphatic carbocycles. The Bertz CT molecular complexity index is 481. The van der Waals surface area contributed by atoms with Crippen molar-refractivity contribution in [3.05, 3.63) is 48.0 Å². The summed E-state index contributed by atoms with van der Waals surface area (Å²) in [6, 6.07) is 9.94. The minimum Gasteiger partial charge on any atom is -0.343 e. The van der Waals surface area contributed by atoms with Gasteiger partial charge < -0.3 is 5.32 Å². The van der Waals surface area contributed by atoms with E-state index in [0.29, 0.717) is 0 Å². The normalized spacial score (nSPS) is 12.1. The van der Waals surface area contributed by atoms with Crippen molar-refractivity contribution >= 4 is 5.91 Å². The van der Waals surface area contributed by atoms with E-state index in [1.165, 1.54) is 6.33 Å². The Morgan fingerprint density at radius 3 is 2.78 bits per heavy atom. The SMILES string of the molecule is CCCC(NC(=O)c1ncn[nH]1)c1ccccc1. The maximum Gasteiger partial charge on any atom is 0.289 e. The fourth-order valence-corrected chi connectivity index (χ4v) is 1.84. The number of rotatable bonds is 5. The van der Waals surface area contributed by atoms with Crippen LogP contribution in [0.5, 0.6) is 0 Å². The van der Waals surface area contributed by atoms with Crippen LogP contribution in [0.2, 0.25) is 0 Å². The minimum atomic E-state index is -0.227. The Balaban J connectivity index is 2.10. The molecule has 0 saturated heterocycles. The first-order valence-electron chi connectivity index (χ1n) is 6.02. The molecule has 0 spiro atoms. The highest BCUT2D eigenvalue weighted by atomic mass is 16.2. The number of aromatic amines is 1. The van der Waals surface area contributed by atoms with Gasteiger partial charge in [-0.25, -0.2) is 4.98 Å². The summed E-state index contributed by atoms with van der Waals surface area (Å²) in [5, 5.41) is 9.20. The van der Waals surface area contributed by atoms with Gasteiger partial charge in [0.25, 0.3) is 5.91 Å². The molecule has 94 valence electrons. The van der Waals surface area contributed by atoms with Crippen molar-refractivity contribution in [2.24, 2.45) is 0 Å². The molecule has 0 aliphatic heterocycles. The van der Waals surface area contributed by atoms with E-state index in [2.05, 4.69) is 27.4 Å². The molecule has 18 heavy (non-hydrogen) atoms. The van der Waals surface area contributed by atoms with Gasteiger partial charge in [0.05, 0.1) is 6.04 Å². The molecule has 5 heteroatoms. The lowest BCUT2D eigenvalue weighted by Gasteiger charge is -2.17. The van der Waals surface area contributed by atoms with Gasteiger partial charge in [-0.05, 0) is 12.0 Å². The van der Waals surface area contributed by atoms with Gasteiger partial charge in [-0.3, -0.25) is 9.89 Å². The predicted octanol–water partition coefficient (Wildman–Crippen LogP) is 2.08. The second kappa shape index (κ2) is 5.95. The molecule has 5 nitrogen and oxygen atoms in total. The lowest BCUT2D eigenvalue weighted by Crippen LogP contribution is -2.29. The Labute approximate surface area is 106 Å². The Morgan fingerprint density at radius 2 is 2.17 bits per heavy atom. The fourth-order valence-electron chi connectivity index (χ4n) is 1.84. The van der Waals surface area contributed by atoms with Crippen LogP contribution in [0.1, 0.15) is 42.0 Å². The minimum absolute atomic E-state index is 0.00815. The Kier molecular flexibility index (Phi) is 4.06. The third-order valence-electron chi connectivity index (χ3n) is 2.71. The molecule has 2 N–H and O–H groups in total. The summed E-state index contributed by atoms with van der Waals surface area (Å²) in [5.41, 5.74) is 1.10. The zero-order valence-electron chi connectivity index (χ0n) is 10.3. The molecule has 0 radical (unpaired) electrons. The van der Waals surface area contributed by atoms with Crippen LogP contribution < -0.4 is 5.32 Å². The molecule has 0 fully saturated rings. The number of hydrogen-bond acceptors (Lipinski definition) is 3. The summed E-state index contributed by atoms with van der Waals surface area (Å²) in [6.45, 7) is 2.09. The monoisotopic (exact) mass is 244 g/mol. The van der Waals surface area contributed by atoms with Crippen molar-refractivity contribution in [1.82, 2.24) is 20.5 Å². The molecule has 0 bridgehead atoms. The van der Waals surface area contributed by atoms with Gasteiger partial charge in [0.2, 0.25) is 5.82 Å². The van der Waals surface area contributed by atoms with Crippen molar-refractivity contribution in [1.29, 1.82) is 0 Å². The van der Waals surface area contributed by atoms with Crippen molar-refractivity contribution in [3.8, 4) is 0 Å². The van der Waals surface area contributed by atoms with Gasteiger partial charge in [0.1, 0.15) is 6.33 Å². The van der Waals surface area contributed by atoms with Gasteiger partial charge in [0, 0.05) is 0 Å². The number of nitrogens with zero attached hydrogens (tertiary/aromatic N) is 2. The second-order valence-electron chi connectivity index (χ2n) is 4.06. The molecule has 2 aromatic rings. The number of amides is 1. The Morgan fingerprint density at radius 1 is 1.39 bits per heavy atom. The second-order valence-corrected chi connectivity index (χ2v) is 4.06. The highest BCUT2D eigenvalue weighted by molar-refractivity contribution is 5.90. The first kappa shape index (κ1) is 12.3. The molecular weight excluding hydrogens is 228 g/mol. The summed E-state index contributed by atoms with van der Waals surface area (Å²) < 4.78 is 0. The highest BCUT2D eigenvalue weighted by Gasteiger charge is 2.16. The van der Waals surface area contributed by atoms with E-state index in [-0.39, 0.29) is 17.8 Å². The molecule has 1 atom stereocenters. The molecule has 1 aromatic carbocycles. The zero-order chi connectivity index (χ0) is 12.8. The number of hydrogen-bond donors (Lipinski definition) is 2. The third-order valence-corrected chi connectivity index (χ3v) is 2.71. The van der Waals surface area contributed by atoms with Crippen LogP contribution in [0.15, 0.2) is 36.7 Å². The van der Waals surface area contributed by atoms with Gasteiger partial charge in [0.15, 0.2) is 0 Å². The molecule has 1 unspecified atom stereocenters. The van der Waals surface area contributed by atoms with Crippen LogP contribution in [0.25, 0.3) is 0 Å². The van der Waals surface area contributed by atoms with E-state index in [1.54, 1.807) is 0 Å². The lowest BCUT2D eigenvalue weighted by molar-refractivity contribution is 0.0924. The molecule has 0 aliphatic rings. The van der Waals surface area contributed by atoms with Crippen LogP contribution >= 0.6 is 0 Å². The number of aromatic nitrogens is 3. The predicted molar refractivity (Wildman–Crippen MR) is 67.9 cm³/mol. The largest absolute Gasteiger partial charge is 0.343 e. The van der Waals surface area contributed by atoms with E-state index in [4.69, 9.17) is 0 Å². The number of carbonyl (C=O) groups excluding carboxylic acids is 1. The first-order chi connectivity index (χ1) is 8.81. The topological polar surface area (TPSA) is 70.7 Å². The lowest BCUT2D eigenvalue weighted by atomic mass is 10.0. The van der Waals surface area contributed by atoms with Crippen LogP contribution in [0.3, 0.4) is 0 Å². The number of carbonyl (C=O) groups is 1. The fraction of sp³-hybridized carbons (Fsp3) is 0.308. The van der Waals surface area contributed by atoms with Crippen molar-refractivity contribution < 1.29 is 4.79 Å². The average molecular weight is 244 g/mol.